The van der Waals surface area contributed by atoms with Crippen LogP contribution in [0.1, 0.15) is 43.9 Å². The second kappa shape index (κ2) is 10.4. The zero-order chi connectivity index (χ0) is 29.0. The van der Waals surface area contributed by atoms with Crippen molar-refractivity contribution in [1.82, 2.24) is 24.4 Å². The summed E-state index contributed by atoms with van der Waals surface area (Å²) >= 11 is 6.80. The Kier molecular flexibility index (Phi) is 6.85. The van der Waals surface area contributed by atoms with Crippen LogP contribution in [0.5, 0.6) is 0 Å². The third-order valence-corrected chi connectivity index (χ3v) is 8.36. The molecule has 2 atom stereocenters. The SMILES string of the molecule is C=CC(=O)N1CC2CCC(C1)N2c1nc(=O)n(-c2c(C)ccnc2C(C)C)c2nc(-c3ccccc3F)c(Cl)cc12. The highest BCUT2D eigenvalue weighted by Crippen LogP contribution is 2.40. The molecule has 0 radical (unpaired) electrons. The molecule has 2 aliphatic heterocycles. The first-order valence-electron chi connectivity index (χ1n) is 13.7. The summed E-state index contributed by atoms with van der Waals surface area (Å²) in [6, 6.07) is 9.81. The van der Waals surface area contributed by atoms with Gasteiger partial charge < -0.3 is 9.80 Å². The van der Waals surface area contributed by atoms with E-state index in [1.165, 1.54) is 16.7 Å². The van der Waals surface area contributed by atoms with E-state index in [9.17, 15) is 14.0 Å². The third-order valence-electron chi connectivity index (χ3n) is 8.07. The molecule has 1 aromatic carbocycles. The summed E-state index contributed by atoms with van der Waals surface area (Å²) < 4.78 is 16.5. The van der Waals surface area contributed by atoms with Crippen LogP contribution in [0.4, 0.5) is 10.2 Å². The fourth-order valence-electron chi connectivity index (χ4n) is 6.19. The Morgan fingerprint density at radius 2 is 1.85 bits per heavy atom. The van der Waals surface area contributed by atoms with Gasteiger partial charge in [-0.25, -0.2) is 18.7 Å². The topological polar surface area (TPSA) is 84.2 Å². The summed E-state index contributed by atoms with van der Waals surface area (Å²) in [4.78, 5) is 44.5. The van der Waals surface area contributed by atoms with E-state index in [-0.39, 0.29) is 40.2 Å². The first-order valence-corrected chi connectivity index (χ1v) is 14.1. The number of piperazine rings is 1. The number of aromatic nitrogens is 4. The Morgan fingerprint density at radius 1 is 1.15 bits per heavy atom. The standard InChI is InChI=1S/C31H30ClFN6O2/c1-5-25(40)37-15-19-10-11-20(16-37)38(19)30-22-14-23(32)27(21-8-6-7-9-24(21)33)35-29(22)39(31(41)36-30)28-18(4)12-13-34-26(28)17(2)3/h5-9,12-14,17,19-20H,1,10-11,15-16H2,2-4H3. The van der Waals surface area contributed by atoms with Crippen molar-refractivity contribution in [3.05, 3.63) is 87.8 Å². The quantitative estimate of drug-likeness (QED) is 0.296. The van der Waals surface area contributed by atoms with E-state index in [2.05, 4.69) is 21.4 Å². The summed E-state index contributed by atoms with van der Waals surface area (Å²) in [6.07, 6.45) is 4.76. The van der Waals surface area contributed by atoms with Crippen LogP contribution in [-0.4, -0.2) is 55.5 Å². The van der Waals surface area contributed by atoms with Crippen molar-refractivity contribution in [2.75, 3.05) is 18.0 Å². The van der Waals surface area contributed by atoms with Crippen molar-refractivity contribution < 1.29 is 9.18 Å². The molecule has 2 unspecified atom stereocenters. The highest BCUT2D eigenvalue weighted by Gasteiger charge is 2.43. The average Bonchev–Trinajstić information content (AvgIpc) is 3.21. The van der Waals surface area contributed by atoms with Crippen molar-refractivity contribution >= 4 is 34.4 Å². The van der Waals surface area contributed by atoms with Gasteiger partial charge in [0.05, 0.1) is 27.5 Å². The predicted octanol–water partition coefficient (Wildman–Crippen LogP) is 5.43. The Hall–Kier alpha value is -4.11. The van der Waals surface area contributed by atoms with Crippen LogP contribution in [-0.2, 0) is 4.79 Å². The van der Waals surface area contributed by atoms with Gasteiger partial charge in [0.15, 0.2) is 5.65 Å². The normalized spacial score (nSPS) is 18.4. The van der Waals surface area contributed by atoms with Gasteiger partial charge in [0.25, 0.3) is 0 Å². The summed E-state index contributed by atoms with van der Waals surface area (Å²) in [5, 5.41) is 0.823. The molecule has 210 valence electrons. The van der Waals surface area contributed by atoms with Gasteiger partial charge in [0.1, 0.15) is 11.6 Å². The Morgan fingerprint density at radius 3 is 2.51 bits per heavy atom. The lowest BCUT2D eigenvalue weighted by Crippen LogP contribution is -2.55. The molecule has 3 aromatic heterocycles. The van der Waals surface area contributed by atoms with Gasteiger partial charge >= 0.3 is 5.69 Å². The Labute approximate surface area is 242 Å². The Balaban J connectivity index is 1.64. The number of nitrogens with zero attached hydrogens (tertiary/aromatic N) is 6. The molecule has 10 heteroatoms. The molecular weight excluding hydrogens is 543 g/mol. The first-order chi connectivity index (χ1) is 19.7. The van der Waals surface area contributed by atoms with Gasteiger partial charge in [-0.2, -0.15) is 4.98 Å². The van der Waals surface area contributed by atoms with Crippen LogP contribution in [0.25, 0.3) is 28.0 Å². The largest absolute Gasteiger partial charge is 0.355 e. The maximum atomic E-state index is 15.0. The molecule has 0 spiro atoms. The minimum Gasteiger partial charge on any atom is -0.346 e. The van der Waals surface area contributed by atoms with Crippen LogP contribution in [0.3, 0.4) is 0 Å². The summed E-state index contributed by atoms with van der Waals surface area (Å²) in [6.45, 7) is 10.6. The van der Waals surface area contributed by atoms with E-state index in [0.717, 1.165) is 24.1 Å². The minimum absolute atomic E-state index is 0.0104. The van der Waals surface area contributed by atoms with Crippen molar-refractivity contribution in [1.29, 1.82) is 0 Å². The lowest BCUT2D eigenvalue weighted by molar-refractivity contribution is -0.126. The van der Waals surface area contributed by atoms with Crippen molar-refractivity contribution in [3.8, 4) is 16.9 Å². The molecule has 2 fully saturated rings. The molecule has 2 saturated heterocycles. The molecule has 6 rings (SSSR count). The second-order valence-corrected chi connectivity index (χ2v) is 11.4. The number of carbonyl (C=O) groups is 1. The number of anilines is 1. The number of hydrogen-bond acceptors (Lipinski definition) is 6. The molecule has 8 nitrogen and oxygen atoms in total. The van der Waals surface area contributed by atoms with Crippen molar-refractivity contribution in [2.24, 2.45) is 0 Å². The van der Waals surface area contributed by atoms with Crippen LogP contribution in [0.2, 0.25) is 5.02 Å². The molecule has 4 aromatic rings. The fraction of sp³-hybridized carbons (Fsp3) is 0.323. The summed E-state index contributed by atoms with van der Waals surface area (Å²) in [5.74, 6) is -0.0917. The van der Waals surface area contributed by atoms with Gasteiger partial charge in [-0.05, 0) is 61.6 Å². The summed E-state index contributed by atoms with van der Waals surface area (Å²) in [7, 11) is 0. The number of fused-ring (bicyclic) bond motifs is 3. The van der Waals surface area contributed by atoms with E-state index >= 15 is 0 Å². The molecule has 0 aliphatic carbocycles. The number of amides is 1. The van der Waals surface area contributed by atoms with Crippen LogP contribution >= 0.6 is 11.6 Å². The number of benzene rings is 1. The number of rotatable bonds is 5. The first kappa shape index (κ1) is 27.1. The van der Waals surface area contributed by atoms with E-state index in [4.69, 9.17) is 16.6 Å². The van der Waals surface area contributed by atoms with Gasteiger partial charge in [0.2, 0.25) is 5.91 Å². The predicted molar refractivity (Wildman–Crippen MR) is 158 cm³/mol. The monoisotopic (exact) mass is 572 g/mol. The number of aryl methyl sites for hydroxylation is 1. The highest BCUT2D eigenvalue weighted by molar-refractivity contribution is 6.33. The van der Waals surface area contributed by atoms with E-state index < -0.39 is 11.5 Å². The molecule has 0 saturated carbocycles. The maximum absolute atomic E-state index is 15.0. The molecular formula is C31H30ClFN6O2. The van der Waals surface area contributed by atoms with Crippen molar-refractivity contribution in [2.45, 2.75) is 51.6 Å². The van der Waals surface area contributed by atoms with Crippen LogP contribution in [0, 0.1) is 12.7 Å². The zero-order valence-electron chi connectivity index (χ0n) is 23.1. The lowest BCUT2D eigenvalue weighted by atomic mass is 10.0. The lowest BCUT2D eigenvalue weighted by Gasteiger charge is -2.41. The number of likely N-dealkylation sites (tertiary alicyclic amines) is 1. The smallest absolute Gasteiger partial charge is 0.346 e. The van der Waals surface area contributed by atoms with E-state index in [0.29, 0.717) is 35.6 Å². The van der Waals surface area contributed by atoms with Gasteiger partial charge in [0, 0.05) is 36.9 Å². The van der Waals surface area contributed by atoms with E-state index in [1.807, 2.05) is 26.8 Å². The van der Waals surface area contributed by atoms with Gasteiger partial charge in [-0.3, -0.25) is 9.78 Å². The average molecular weight is 573 g/mol. The number of carbonyl (C=O) groups excluding carboxylic acids is 1. The molecule has 2 bridgehead atoms. The minimum atomic E-state index is -0.510. The fourth-order valence-corrected chi connectivity index (χ4v) is 6.44. The zero-order valence-corrected chi connectivity index (χ0v) is 23.9. The molecule has 1 amide bonds. The van der Waals surface area contributed by atoms with Gasteiger partial charge in [-0.15, -0.1) is 0 Å². The van der Waals surface area contributed by atoms with Crippen LogP contribution in [0.15, 0.2) is 60.0 Å². The number of halogens is 2. The molecule has 0 N–H and O–H groups in total. The molecule has 2 aliphatic rings. The van der Waals surface area contributed by atoms with Crippen molar-refractivity contribution in [3.63, 3.8) is 0 Å². The Bertz CT molecular complexity index is 1760. The maximum Gasteiger partial charge on any atom is 0.355 e. The third kappa shape index (κ3) is 4.48. The molecule has 41 heavy (non-hydrogen) atoms. The van der Waals surface area contributed by atoms with Crippen LogP contribution < -0.4 is 10.6 Å². The second-order valence-electron chi connectivity index (χ2n) is 11.0. The van der Waals surface area contributed by atoms with E-state index in [1.54, 1.807) is 35.4 Å². The number of pyridine rings is 2. The van der Waals surface area contributed by atoms with Gasteiger partial charge in [-0.1, -0.05) is 44.2 Å². The highest BCUT2D eigenvalue weighted by atomic mass is 35.5. The number of hydrogen-bond donors (Lipinski definition) is 0. The summed E-state index contributed by atoms with van der Waals surface area (Å²) in [5.41, 5.74) is 2.45. The molecule has 5 heterocycles.